The number of sulfonamides is 1. The zero-order chi connectivity index (χ0) is 20.0. The molecular formula is C20H20N2O4S2. The van der Waals surface area contributed by atoms with E-state index in [2.05, 4.69) is 10.0 Å². The smallest absolute Gasteiger partial charge is 0.251 e. The van der Waals surface area contributed by atoms with Gasteiger partial charge in [-0.25, -0.2) is 8.42 Å². The highest BCUT2D eigenvalue weighted by Crippen LogP contribution is 2.23. The molecule has 1 heterocycles. The van der Waals surface area contributed by atoms with Crippen LogP contribution in [-0.4, -0.2) is 20.9 Å². The van der Waals surface area contributed by atoms with E-state index < -0.39 is 22.0 Å². The SMILES string of the molecule is CCOc1ccc(NC(=O)C(NS(=O)(=O)c2cccs2)c2ccccc2)cc1. The lowest BCUT2D eigenvalue weighted by Gasteiger charge is -2.18. The lowest BCUT2D eigenvalue weighted by molar-refractivity contribution is -0.117. The number of carbonyl (C=O) groups is 1. The summed E-state index contributed by atoms with van der Waals surface area (Å²) < 4.78 is 33.4. The highest BCUT2D eigenvalue weighted by molar-refractivity contribution is 7.91. The van der Waals surface area contributed by atoms with Gasteiger partial charge in [-0.1, -0.05) is 36.4 Å². The van der Waals surface area contributed by atoms with E-state index in [-0.39, 0.29) is 4.21 Å². The molecule has 0 saturated heterocycles. The van der Waals surface area contributed by atoms with Crippen LogP contribution in [0.4, 0.5) is 5.69 Å². The second-order valence-corrected chi connectivity index (χ2v) is 8.73. The molecule has 3 rings (SSSR count). The maximum absolute atomic E-state index is 12.9. The number of rotatable bonds is 8. The van der Waals surface area contributed by atoms with Gasteiger partial charge < -0.3 is 10.1 Å². The molecule has 0 aliphatic rings. The highest BCUT2D eigenvalue weighted by Gasteiger charge is 2.27. The van der Waals surface area contributed by atoms with Gasteiger partial charge in [-0.15, -0.1) is 11.3 Å². The Morgan fingerprint density at radius 1 is 1.04 bits per heavy atom. The largest absolute Gasteiger partial charge is 0.494 e. The minimum atomic E-state index is -3.83. The monoisotopic (exact) mass is 416 g/mol. The number of hydrogen-bond donors (Lipinski definition) is 2. The quantitative estimate of drug-likeness (QED) is 0.585. The maximum Gasteiger partial charge on any atom is 0.251 e. The van der Waals surface area contributed by atoms with Gasteiger partial charge in [0.1, 0.15) is 16.0 Å². The summed E-state index contributed by atoms with van der Waals surface area (Å²) in [6.45, 7) is 2.44. The van der Waals surface area contributed by atoms with E-state index >= 15 is 0 Å². The van der Waals surface area contributed by atoms with E-state index in [9.17, 15) is 13.2 Å². The van der Waals surface area contributed by atoms with Gasteiger partial charge >= 0.3 is 0 Å². The van der Waals surface area contributed by atoms with Crippen LogP contribution in [0.3, 0.4) is 0 Å². The van der Waals surface area contributed by atoms with Crippen molar-refractivity contribution in [1.29, 1.82) is 0 Å². The molecule has 0 bridgehead atoms. The number of hydrogen-bond acceptors (Lipinski definition) is 5. The molecule has 1 unspecified atom stereocenters. The second-order valence-electron chi connectivity index (χ2n) is 5.84. The number of thiophene rings is 1. The Morgan fingerprint density at radius 2 is 1.75 bits per heavy atom. The molecule has 8 heteroatoms. The van der Waals surface area contributed by atoms with Crippen LogP contribution in [0.5, 0.6) is 5.75 Å². The van der Waals surface area contributed by atoms with Crippen molar-refractivity contribution >= 4 is 33.0 Å². The summed E-state index contributed by atoms with van der Waals surface area (Å²) in [6.07, 6.45) is 0. The van der Waals surface area contributed by atoms with Crippen molar-refractivity contribution in [2.45, 2.75) is 17.2 Å². The van der Waals surface area contributed by atoms with E-state index in [1.54, 1.807) is 66.0 Å². The third kappa shape index (κ3) is 4.98. The van der Waals surface area contributed by atoms with Gasteiger partial charge in [0.25, 0.3) is 10.0 Å². The van der Waals surface area contributed by atoms with Crippen LogP contribution in [0.2, 0.25) is 0 Å². The molecule has 0 saturated carbocycles. The molecule has 0 spiro atoms. The van der Waals surface area contributed by atoms with Gasteiger partial charge in [-0.3, -0.25) is 4.79 Å². The Morgan fingerprint density at radius 3 is 2.36 bits per heavy atom. The second kappa shape index (κ2) is 9.01. The van der Waals surface area contributed by atoms with Crippen molar-refractivity contribution in [2.24, 2.45) is 0 Å². The number of anilines is 1. The third-order valence-electron chi connectivity index (χ3n) is 3.86. The van der Waals surface area contributed by atoms with Gasteiger partial charge in [0.15, 0.2) is 0 Å². The van der Waals surface area contributed by atoms with Crippen LogP contribution in [-0.2, 0) is 14.8 Å². The van der Waals surface area contributed by atoms with Crippen LogP contribution in [0, 0.1) is 0 Å². The molecule has 3 aromatic rings. The van der Waals surface area contributed by atoms with Crippen LogP contribution < -0.4 is 14.8 Å². The van der Waals surface area contributed by atoms with Crippen molar-refractivity contribution in [3.8, 4) is 5.75 Å². The standard InChI is InChI=1S/C20H20N2O4S2/c1-2-26-17-12-10-16(11-13-17)21-20(23)19(15-7-4-3-5-8-15)22-28(24,25)18-9-6-14-27-18/h3-14,19,22H,2H2,1H3,(H,21,23). The van der Waals surface area contributed by atoms with E-state index in [0.717, 1.165) is 11.3 Å². The van der Waals surface area contributed by atoms with E-state index in [0.29, 0.717) is 23.6 Å². The number of carbonyl (C=O) groups excluding carboxylic acids is 1. The van der Waals surface area contributed by atoms with Gasteiger partial charge in [0, 0.05) is 5.69 Å². The van der Waals surface area contributed by atoms with Crippen molar-refractivity contribution in [2.75, 3.05) is 11.9 Å². The van der Waals surface area contributed by atoms with Crippen molar-refractivity contribution in [1.82, 2.24) is 4.72 Å². The predicted molar refractivity (Wildman–Crippen MR) is 110 cm³/mol. The predicted octanol–water partition coefficient (Wildman–Crippen LogP) is 3.81. The van der Waals surface area contributed by atoms with Gasteiger partial charge in [-0.2, -0.15) is 4.72 Å². The lowest BCUT2D eigenvalue weighted by Crippen LogP contribution is -2.36. The maximum atomic E-state index is 12.9. The van der Waals surface area contributed by atoms with E-state index in [1.807, 2.05) is 6.92 Å². The lowest BCUT2D eigenvalue weighted by atomic mass is 10.1. The molecule has 1 atom stereocenters. The normalized spacial score (nSPS) is 12.3. The van der Waals surface area contributed by atoms with Crippen molar-refractivity contribution < 1.29 is 17.9 Å². The molecule has 146 valence electrons. The first-order valence-electron chi connectivity index (χ1n) is 8.64. The summed E-state index contributed by atoms with van der Waals surface area (Å²) in [6, 6.07) is 17.7. The Kier molecular flexibility index (Phi) is 6.45. The molecule has 0 aliphatic heterocycles. The van der Waals surface area contributed by atoms with Crippen LogP contribution in [0.25, 0.3) is 0 Å². The number of benzene rings is 2. The first kappa shape index (κ1) is 20.1. The molecule has 2 N–H and O–H groups in total. The van der Waals surface area contributed by atoms with Crippen molar-refractivity contribution in [3.05, 3.63) is 77.7 Å². The fourth-order valence-electron chi connectivity index (χ4n) is 2.56. The Labute approximate surface area is 168 Å². The summed E-state index contributed by atoms with van der Waals surface area (Å²) in [5.41, 5.74) is 1.09. The Bertz CT molecular complexity index is 1000. The third-order valence-corrected chi connectivity index (χ3v) is 6.68. The number of ether oxygens (including phenoxy) is 1. The molecular weight excluding hydrogens is 396 g/mol. The molecule has 1 aromatic heterocycles. The highest BCUT2D eigenvalue weighted by atomic mass is 32.2. The molecule has 0 radical (unpaired) electrons. The Balaban J connectivity index is 1.83. The summed E-state index contributed by atoms with van der Waals surface area (Å²) in [5, 5.41) is 4.43. The minimum Gasteiger partial charge on any atom is -0.494 e. The summed E-state index contributed by atoms with van der Waals surface area (Å²) in [7, 11) is -3.83. The molecule has 28 heavy (non-hydrogen) atoms. The van der Waals surface area contributed by atoms with Crippen LogP contribution in [0.1, 0.15) is 18.5 Å². The van der Waals surface area contributed by atoms with E-state index in [1.165, 1.54) is 6.07 Å². The van der Waals surface area contributed by atoms with Crippen molar-refractivity contribution in [3.63, 3.8) is 0 Å². The molecule has 6 nitrogen and oxygen atoms in total. The summed E-state index contributed by atoms with van der Waals surface area (Å²) >= 11 is 1.09. The Hall–Kier alpha value is -2.68. The van der Waals surface area contributed by atoms with Gasteiger partial charge in [-0.05, 0) is 48.2 Å². The first-order valence-corrected chi connectivity index (χ1v) is 11.0. The topological polar surface area (TPSA) is 84.5 Å². The van der Waals surface area contributed by atoms with Gasteiger partial charge in [0.05, 0.1) is 6.61 Å². The fourth-order valence-corrected chi connectivity index (χ4v) is 4.76. The molecule has 2 aromatic carbocycles. The van der Waals surface area contributed by atoms with Crippen LogP contribution in [0.15, 0.2) is 76.3 Å². The van der Waals surface area contributed by atoms with E-state index in [4.69, 9.17) is 4.74 Å². The average molecular weight is 417 g/mol. The average Bonchev–Trinajstić information content (AvgIpc) is 3.24. The fraction of sp³-hybridized carbons (Fsp3) is 0.150. The van der Waals surface area contributed by atoms with Gasteiger partial charge in [0.2, 0.25) is 5.91 Å². The number of amides is 1. The summed E-state index contributed by atoms with van der Waals surface area (Å²) in [4.78, 5) is 12.9. The summed E-state index contributed by atoms with van der Waals surface area (Å²) in [5.74, 6) is 0.217. The molecule has 0 aliphatic carbocycles. The van der Waals surface area contributed by atoms with Crippen LogP contribution >= 0.6 is 11.3 Å². The zero-order valence-electron chi connectivity index (χ0n) is 15.2. The molecule has 1 amide bonds. The number of nitrogens with one attached hydrogen (secondary N) is 2. The first-order chi connectivity index (χ1) is 13.5. The minimum absolute atomic E-state index is 0.155. The zero-order valence-corrected chi connectivity index (χ0v) is 16.8. The molecule has 0 fully saturated rings.